The van der Waals surface area contributed by atoms with E-state index in [-0.39, 0.29) is 11.2 Å². The van der Waals surface area contributed by atoms with Gasteiger partial charge in [0.2, 0.25) is 5.71 Å². The number of aromatic nitrogens is 2. The number of para-hydroxylation sites is 1. The Morgan fingerprint density at radius 3 is 2.42 bits per heavy atom. The molecule has 136 valence electrons. The largest absolute Gasteiger partial charge is 0.435 e. The molecule has 1 aliphatic rings. The first-order valence-corrected chi connectivity index (χ1v) is 7.95. The van der Waals surface area contributed by atoms with Crippen molar-refractivity contribution in [3.63, 3.8) is 0 Å². The predicted molar refractivity (Wildman–Crippen MR) is 95.1 cm³/mol. The summed E-state index contributed by atoms with van der Waals surface area (Å²) in [4.78, 5) is 36.7. The minimum atomic E-state index is -1.10. The fourth-order valence-corrected chi connectivity index (χ4v) is 2.64. The summed E-state index contributed by atoms with van der Waals surface area (Å²) in [6.07, 6.45) is 0. The summed E-state index contributed by atoms with van der Waals surface area (Å²) in [5.41, 5.74) is 2.07. The second kappa shape index (κ2) is 6.17. The second-order valence-corrected chi connectivity index (χ2v) is 6.36. The first-order valence-electron chi connectivity index (χ1n) is 7.95. The smallest absolute Gasteiger partial charge is 0.366 e. The van der Waals surface area contributed by atoms with Gasteiger partial charge in [0.15, 0.2) is 5.72 Å². The van der Waals surface area contributed by atoms with E-state index in [2.05, 4.69) is 15.8 Å². The highest BCUT2D eigenvalue weighted by molar-refractivity contribution is 6.64. The number of benzene rings is 1. The lowest BCUT2D eigenvalue weighted by Crippen LogP contribution is -2.57. The molecule has 2 heterocycles. The van der Waals surface area contributed by atoms with Crippen molar-refractivity contribution in [3.8, 4) is 5.69 Å². The summed E-state index contributed by atoms with van der Waals surface area (Å²) < 4.78 is 8.19. The van der Waals surface area contributed by atoms with Gasteiger partial charge in [-0.3, -0.25) is 19.7 Å². The van der Waals surface area contributed by atoms with Crippen LogP contribution in [0.15, 0.2) is 40.2 Å². The molecular formula is C17H19N5O4. The van der Waals surface area contributed by atoms with Crippen LogP contribution in [0.5, 0.6) is 0 Å². The number of carbonyl (C=O) groups is 2. The van der Waals surface area contributed by atoms with Gasteiger partial charge in [-0.05, 0) is 32.9 Å². The molecule has 0 aliphatic carbocycles. The molecule has 9 heteroatoms. The van der Waals surface area contributed by atoms with Gasteiger partial charge in [-0.15, -0.1) is 0 Å². The van der Waals surface area contributed by atoms with Crippen molar-refractivity contribution in [2.24, 2.45) is 12.1 Å². The standard InChI is InChI=1S/C17H19N5O4/c1-10-12(15(24)22(21(10)4)11-8-6-5-7-9-11)19-20-13-14(23)18-17(2,3)26-16(13)25/h5-9,19H,1-4H3,(H,18,23). The maximum Gasteiger partial charge on any atom is 0.366 e. The fourth-order valence-electron chi connectivity index (χ4n) is 2.64. The highest BCUT2D eigenvalue weighted by Crippen LogP contribution is 2.15. The molecule has 1 amide bonds. The van der Waals surface area contributed by atoms with Crippen molar-refractivity contribution in [2.45, 2.75) is 26.5 Å². The molecule has 1 saturated heterocycles. The summed E-state index contributed by atoms with van der Waals surface area (Å²) in [5, 5.41) is 6.31. The number of anilines is 1. The van der Waals surface area contributed by atoms with Crippen LogP contribution in [0.1, 0.15) is 19.5 Å². The minimum Gasteiger partial charge on any atom is -0.435 e. The van der Waals surface area contributed by atoms with E-state index in [1.165, 1.54) is 4.68 Å². The van der Waals surface area contributed by atoms with Crippen LogP contribution in [0.25, 0.3) is 5.69 Å². The Balaban J connectivity index is 1.96. The highest BCUT2D eigenvalue weighted by Gasteiger charge is 2.38. The molecule has 1 aromatic carbocycles. The molecular weight excluding hydrogens is 338 g/mol. The maximum absolute atomic E-state index is 12.7. The normalized spacial score (nSPS) is 17.8. The molecule has 1 aromatic heterocycles. The minimum absolute atomic E-state index is 0.161. The van der Waals surface area contributed by atoms with E-state index in [9.17, 15) is 14.4 Å². The lowest BCUT2D eigenvalue weighted by Gasteiger charge is -2.30. The molecule has 2 N–H and O–H groups in total. The number of ether oxygens (including phenoxy) is 1. The Hall–Kier alpha value is -3.36. The van der Waals surface area contributed by atoms with Gasteiger partial charge in [-0.2, -0.15) is 5.10 Å². The second-order valence-electron chi connectivity index (χ2n) is 6.36. The van der Waals surface area contributed by atoms with Crippen molar-refractivity contribution in [2.75, 3.05) is 5.43 Å². The molecule has 0 atom stereocenters. The number of hydrazone groups is 1. The van der Waals surface area contributed by atoms with Crippen LogP contribution in [0.3, 0.4) is 0 Å². The van der Waals surface area contributed by atoms with Crippen LogP contribution in [0, 0.1) is 6.92 Å². The average Bonchev–Trinajstić information content (AvgIpc) is 2.77. The third-order valence-corrected chi connectivity index (χ3v) is 4.00. The van der Waals surface area contributed by atoms with E-state index in [4.69, 9.17) is 4.74 Å². The Morgan fingerprint density at radius 1 is 1.15 bits per heavy atom. The summed E-state index contributed by atoms with van der Waals surface area (Å²) in [7, 11) is 1.73. The third-order valence-electron chi connectivity index (χ3n) is 4.00. The van der Waals surface area contributed by atoms with Crippen LogP contribution in [0.2, 0.25) is 0 Å². The molecule has 2 aromatic rings. The maximum atomic E-state index is 12.7. The zero-order valence-electron chi connectivity index (χ0n) is 14.9. The number of cyclic esters (lactones) is 1. The number of amides is 1. The predicted octanol–water partition coefficient (Wildman–Crippen LogP) is 0.661. The Bertz CT molecular complexity index is 947. The van der Waals surface area contributed by atoms with Gasteiger partial charge in [0.25, 0.3) is 11.5 Å². The van der Waals surface area contributed by atoms with Crippen molar-refractivity contribution < 1.29 is 14.3 Å². The van der Waals surface area contributed by atoms with Gasteiger partial charge in [0.05, 0.1) is 11.4 Å². The van der Waals surface area contributed by atoms with Gasteiger partial charge in [0.1, 0.15) is 5.69 Å². The van der Waals surface area contributed by atoms with E-state index >= 15 is 0 Å². The fraction of sp³-hybridized carbons (Fsp3) is 0.294. The van der Waals surface area contributed by atoms with Crippen LogP contribution >= 0.6 is 0 Å². The van der Waals surface area contributed by atoms with Crippen LogP contribution in [0.4, 0.5) is 5.69 Å². The summed E-state index contributed by atoms with van der Waals surface area (Å²) in [5.74, 6) is -1.53. The summed E-state index contributed by atoms with van der Waals surface area (Å²) in [6, 6.07) is 9.09. The average molecular weight is 357 g/mol. The summed E-state index contributed by atoms with van der Waals surface area (Å²) >= 11 is 0. The van der Waals surface area contributed by atoms with E-state index in [0.717, 1.165) is 0 Å². The molecule has 0 spiro atoms. The number of nitrogens with zero attached hydrogens (tertiary/aromatic N) is 3. The van der Waals surface area contributed by atoms with E-state index in [1.54, 1.807) is 44.6 Å². The van der Waals surface area contributed by atoms with Crippen LogP contribution in [-0.4, -0.2) is 32.7 Å². The Morgan fingerprint density at radius 2 is 1.81 bits per heavy atom. The van der Waals surface area contributed by atoms with E-state index < -0.39 is 23.3 Å². The monoisotopic (exact) mass is 357 g/mol. The first-order chi connectivity index (χ1) is 12.2. The molecule has 1 aliphatic heterocycles. The highest BCUT2D eigenvalue weighted by atomic mass is 16.6. The molecule has 3 rings (SSSR count). The quantitative estimate of drug-likeness (QED) is 0.620. The van der Waals surface area contributed by atoms with Gasteiger partial charge < -0.3 is 10.1 Å². The lowest BCUT2D eigenvalue weighted by atomic mass is 10.2. The molecule has 0 unspecified atom stereocenters. The summed E-state index contributed by atoms with van der Waals surface area (Å²) in [6.45, 7) is 4.82. The van der Waals surface area contributed by atoms with Crippen molar-refractivity contribution >= 4 is 23.3 Å². The molecule has 0 radical (unpaired) electrons. The molecule has 0 bridgehead atoms. The van der Waals surface area contributed by atoms with Crippen molar-refractivity contribution in [3.05, 3.63) is 46.4 Å². The zero-order chi connectivity index (χ0) is 19.1. The number of hydrogen-bond donors (Lipinski definition) is 2. The van der Waals surface area contributed by atoms with Gasteiger partial charge in [-0.1, -0.05) is 18.2 Å². The number of hydrogen-bond acceptors (Lipinski definition) is 6. The topological polar surface area (TPSA) is 107 Å². The van der Waals surface area contributed by atoms with E-state index in [1.807, 2.05) is 18.2 Å². The van der Waals surface area contributed by atoms with Gasteiger partial charge in [-0.25, -0.2) is 9.48 Å². The molecule has 1 fully saturated rings. The Kier molecular flexibility index (Phi) is 4.15. The van der Waals surface area contributed by atoms with Crippen molar-refractivity contribution in [1.29, 1.82) is 0 Å². The number of carbonyl (C=O) groups excluding carboxylic acids is 2. The Labute approximate surface area is 149 Å². The molecule has 26 heavy (non-hydrogen) atoms. The zero-order valence-corrected chi connectivity index (χ0v) is 14.9. The van der Waals surface area contributed by atoms with Crippen LogP contribution < -0.4 is 16.3 Å². The number of nitrogens with one attached hydrogen (secondary N) is 2. The SMILES string of the molecule is Cc1c(NN=C2C(=O)NC(C)(C)OC2=O)c(=O)n(-c2ccccc2)n1C. The molecule has 9 nitrogen and oxygen atoms in total. The lowest BCUT2D eigenvalue weighted by molar-refractivity contribution is -0.157. The molecule has 0 saturated carbocycles. The van der Waals surface area contributed by atoms with Crippen molar-refractivity contribution in [1.82, 2.24) is 14.7 Å². The van der Waals surface area contributed by atoms with Crippen LogP contribution in [-0.2, 0) is 21.4 Å². The van der Waals surface area contributed by atoms with E-state index in [0.29, 0.717) is 11.4 Å². The van der Waals surface area contributed by atoms with Gasteiger partial charge >= 0.3 is 5.97 Å². The first kappa shape index (κ1) is 17.5. The third kappa shape index (κ3) is 2.99. The number of esters is 1. The number of rotatable bonds is 3. The van der Waals surface area contributed by atoms with Gasteiger partial charge in [0, 0.05) is 7.05 Å².